The summed E-state index contributed by atoms with van der Waals surface area (Å²) in [6.07, 6.45) is 36.7. The van der Waals surface area contributed by atoms with Crippen molar-refractivity contribution in [1.82, 2.24) is 0 Å². The van der Waals surface area contributed by atoms with Gasteiger partial charge in [0.1, 0.15) is 0 Å². The van der Waals surface area contributed by atoms with Crippen molar-refractivity contribution in [1.29, 1.82) is 0 Å². The van der Waals surface area contributed by atoms with Crippen LogP contribution in [0.3, 0.4) is 0 Å². The normalized spacial score (nSPS) is 14.4. The van der Waals surface area contributed by atoms with Crippen LogP contribution in [0.1, 0.15) is 161 Å². The molecule has 0 fully saturated rings. The second-order valence-electron chi connectivity index (χ2n) is 11.9. The van der Waals surface area contributed by atoms with Gasteiger partial charge in [0.2, 0.25) is 6.17 Å². The zero-order valence-corrected chi connectivity index (χ0v) is 25.4. The molecule has 0 bridgehead atoms. The minimum absolute atomic E-state index is 0.498. The van der Waals surface area contributed by atoms with Crippen molar-refractivity contribution in [2.24, 2.45) is 21.8 Å². The Morgan fingerprint density at radius 3 is 1.42 bits per heavy atom. The molecule has 1 aliphatic heterocycles. The van der Waals surface area contributed by atoms with E-state index in [-0.39, 0.29) is 0 Å². The van der Waals surface area contributed by atoms with Crippen molar-refractivity contribution in [3.63, 3.8) is 0 Å². The van der Waals surface area contributed by atoms with Crippen LogP contribution in [0.4, 0.5) is 0 Å². The molecule has 2 atom stereocenters. The van der Waals surface area contributed by atoms with Crippen molar-refractivity contribution in [2.75, 3.05) is 0 Å². The molecule has 0 aliphatic carbocycles. The molecule has 1 heterocycles. The third-order valence-electron chi connectivity index (χ3n) is 8.52. The summed E-state index contributed by atoms with van der Waals surface area (Å²) in [4.78, 5) is 9.45. The Bertz CT molecular complexity index is 683. The summed E-state index contributed by atoms with van der Waals surface area (Å²) in [5.41, 5.74) is 1.48. The van der Waals surface area contributed by atoms with Crippen molar-refractivity contribution < 1.29 is 0 Å². The van der Waals surface area contributed by atoms with Gasteiger partial charge in [0.15, 0.2) is 12.4 Å². The van der Waals surface area contributed by atoms with E-state index >= 15 is 0 Å². The highest BCUT2D eigenvalue weighted by Gasteiger charge is 2.35. The fourth-order valence-electron chi connectivity index (χ4n) is 6.13. The van der Waals surface area contributed by atoms with E-state index in [1.165, 1.54) is 147 Å². The predicted octanol–water partition coefficient (Wildman–Crippen LogP) is 11.7. The van der Waals surface area contributed by atoms with Gasteiger partial charge in [-0.2, -0.15) is 0 Å². The van der Waals surface area contributed by atoms with E-state index in [0.717, 1.165) is 12.6 Å². The lowest BCUT2D eigenvalue weighted by atomic mass is 9.78. The van der Waals surface area contributed by atoms with Crippen LogP contribution in [0, 0.1) is 18.0 Å². The Morgan fingerprint density at radius 1 is 0.526 bits per heavy atom. The van der Waals surface area contributed by atoms with E-state index < -0.39 is 0 Å². The minimum Gasteiger partial charge on any atom is -0.0965 e. The van der Waals surface area contributed by atoms with E-state index in [9.17, 15) is 0 Å². The number of hydrogen-bond donors (Lipinski definition) is 0. The van der Waals surface area contributed by atoms with Gasteiger partial charge in [-0.25, -0.2) is 0 Å². The van der Waals surface area contributed by atoms with Crippen LogP contribution in [0.5, 0.6) is 0 Å². The first-order valence-corrected chi connectivity index (χ1v) is 16.8. The fraction of sp³-hybridized carbons (Fsp3) is 0.750. The topological polar surface area (TPSA) is 24.7 Å². The second-order valence-corrected chi connectivity index (χ2v) is 11.9. The van der Waals surface area contributed by atoms with Crippen LogP contribution < -0.4 is 0 Å². The molecule has 0 saturated heterocycles. The maximum Gasteiger partial charge on any atom is 0.244 e. The number of nitrogens with zero attached hydrogens (tertiary/aromatic N) is 2. The molecule has 0 amide bonds. The molecule has 214 valence electrons. The lowest BCUT2D eigenvalue weighted by Crippen LogP contribution is -2.22. The number of benzene rings is 1. The van der Waals surface area contributed by atoms with Crippen LogP contribution >= 0.6 is 0 Å². The van der Waals surface area contributed by atoms with Crippen molar-refractivity contribution in [2.45, 2.75) is 162 Å². The van der Waals surface area contributed by atoms with E-state index in [2.05, 4.69) is 44.2 Å². The van der Waals surface area contributed by atoms with E-state index in [1.807, 2.05) is 12.4 Å². The van der Waals surface area contributed by atoms with Gasteiger partial charge < -0.3 is 0 Å². The van der Waals surface area contributed by atoms with Crippen LogP contribution in [-0.4, -0.2) is 12.4 Å². The fourth-order valence-corrected chi connectivity index (χ4v) is 6.13. The van der Waals surface area contributed by atoms with Crippen LogP contribution in [-0.2, 0) is 6.42 Å². The molecule has 2 heteroatoms. The lowest BCUT2D eigenvalue weighted by Gasteiger charge is -2.26. The standard InChI is InChI=1S/C36H61N2/c1-3-5-7-9-11-13-14-15-16-17-19-24-28-34(32-33-26-22-21-23-27-33)35(36-37-30-31-38-36)29-25-20-18-12-10-8-6-4-2/h21-23,26-27,30-31,34-35H,3-20,24-25,28-29,32H2,1-2H3/q+1. The third-order valence-corrected chi connectivity index (χ3v) is 8.52. The van der Waals surface area contributed by atoms with Gasteiger partial charge in [-0.05, 0) is 30.7 Å². The molecule has 0 radical (unpaired) electrons. The average Bonchev–Trinajstić information content (AvgIpc) is 3.48. The first-order chi connectivity index (χ1) is 18.8. The summed E-state index contributed by atoms with van der Waals surface area (Å²) in [6.45, 7) is 4.60. The first kappa shape index (κ1) is 32.6. The molecule has 1 aromatic carbocycles. The summed E-state index contributed by atoms with van der Waals surface area (Å²) >= 11 is 0. The van der Waals surface area contributed by atoms with E-state index in [1.54, 1.807) is 0 Å². The first-order valence-electron chi connectivity index (χ1n) is 16.8. The Kier molecular flexibility index (Phi) is 20.0. The quantitative estimate of drug-likeness (QED) is 0.0855. The highest BCUT2D eigenvalue weighted by atomic mass is 15.0. The number of rotatable bonds is 26. The zero-order chi connectivity index (χ0) is 26.9. The Balaban J connectivity index is 1.76. The summed E-state index contributed by atoms with van der Waals surface area (Å²) < 4.78 is 0. The molecule has 2 nitrogen and oxygen atoms in total. The van der Waals surface area contributed by atoms with Crippen molar-refractivity contribution in [3.05, 3.63) is 42.1 Å². The molecule has 0 N–H and O–H groups in total. The van der Waals surface area contributed by atoms with Crippen LogP contribution in [0.25, 0.3) is 0 Å². The van der Waals surface area contributed by atoms with Crippen molar-refractivity contribution in [3.8, 4) is 0 Å². The SMILES string of the molecule is CCCCCCCCCCCCCCC(Cc1ccccc1)C(CCCCCCCCCC)[C+]1N=CC=N1. The lowest BCUT2D eigenvalue weighted by molar-refractivity contribution is 0.284. The van der Waals surface area contributed by atoms with Gasteiger partial charge in [-0.1, -0.05) is 183 Å². The van der Waals surface area contributed by atoms with Gasteiger partial charge in [0.05, 0.1) is 5.92 Å². The minimum atomic E-state index is 0.498. The largest absolute Gasteiger partial charge is 0.244 e. The second kappa shape index (κ2) is 23.3. The molecule has 2 unspecified atom stereocenters. The Morgan fingerprint density at radius 2 is 0.947 bits per heavy atom. The summed E-state index contributed by atoms with van der Waals surface area (Å²) in [6, 6.07) is 11.2. The highest BCUT2D eigenvalue weighted by molar-refractivity contribution is 6.18. The number of unbranched alkanes of at least 4 members (excludes halogenated alkanes) is 18. The van der Waals surface area contributed by atoms with Crippen LogP contribution in [0.2, 0.25) is 0 Å². The number of hydrogen-bond acceptors (Lipinski definition) is 2. The Hall–Kier alpha value is -1.57. The molecule has 0 aromatic heterocycles. The van der Waals surface area contributed by atoms with Crippen molar-refractivity contribution >= 4 is 12.4 Å². The molecule has 0 saturated carbocycles. The molecule has 38 heavy (non-hydrogen) atoms. The molecule has 0 spiro atoms. The summed E-state index contributed by atoms with van der Waals surface area (Å²) in [5, 5.41) is 0. The number of aliphatic imine (C=N–C) groups is 2. The smallest absolute Gasteiger partial charge is 0.0965 e. The average molecular weight is 522 g/mol. The Labute approximate surface area is 237 Å². The highest BCUT2D eigenvalue weighted by Crippen LogP contribution is 2.37. The zero-order valence-electron chi connectivity index (χ0n) is 25.4. The molecule has 1 aromatic rings. The van der Waals surface area contributed by atoms with Gasteiger partial charge in [0, 0.05) is 0 Å². The molecule has 2 rings (SSSR count). The van der Waals surface area contributed by atoms with Gasteiger partial charge in [-0.15, -0.1) is 0 Å². The van der Waals surface area contributed by atoms with E-state index in [0.29, 0.717) is 11.8 Å². The van der Waals surface area contributed by atoms with Crippen LogP contribution in [0.15, 0.2) is 40.3 Å². The van der Waals surface area contributed by atoms with Gasteiger partial charge in [0.25, 0.3) is 0 Å². The predicted molar refractivity (Wildman–Crippen MR) is 170 cm³/mol. The maximum atomic E-state index is 4.73. The maximum absolute atomic E-state index is 4.73. The van der Waals surface area contributed by atoms with E-state index in [4.69, 9.17) is 9.98 Å². The van der Waals surface area contributed by atoms with Gasteiger partial charge >= 0.3 is 0 Å². The monoisotopic (exact) mass is 521 g/mol. The molecular formula is C36H61N2+. The molecular weight excluding hydrogens is 460 g/mol. The summed E-state index contributed by atoms with van der Waals surface area (Å²) in [7, 11) is 0. The third kappa shape index (κ3) is 15.7. The molecule has 1 aliphatic rings. The summed E-state index contributed by atoms with van der Waals surface area (Å²) in [5.74, 6) is 1.14. The van der Waals surface area contributed by atoms with Gasteiger partial charge in [-0.3, -0.25) is 0 Å².